The summed E-state index contributed by atoms with van der Waals surface area (Å²) in [6.07, 6.45) is -1.86. The lowest BCUT2D eigenvalue weighted by molar-refractivity contribution is -0.120. The van der Waals surface area contributed by atoms with Crippen LogP contribution in [0.15, 0.2) is 60.0 Å². The average molecular weight is 404 g/mol. The lowest BCUT2D eigenvalue weighted by Gasteiger charge is -2.10. The van der Waals surface area contributed by atoms with Crippen LogP contribution in [0.2, 0.25) is 5.02 Å². The number of hydrogen-bond acceptors (Lipinski definition) is 3. The molecule has 0 bridgehead atoms. The lowest BCUT2D eigenvalue weighted by Crippen LogP contribution is -2.26. The fourth-order valence-electron chi connectivity index (χ4n) is 2.61. The number of anilines is 1. The molecule has 1 heterocycles. The van der Waals surface area contributed by atoms with Gasteiger partial charge < -0.3 is 10.4 Å². The number of rotatable bonds is 6. The lowest BCUT2D eigenvalue weighted by atomic mass is 10.0. The minimum absolute atomic E-state index is 0.0671. The van der Waals surface area contributed by atoms with Gasteiger partial charge in [-0.05, 0) is 23.3 Å². The van der Waals surface area contributed by atoms with Gasteiger partial charge in [-0.3, -0.25) is 4.79 Å². The van der Waals surface area contributed by atoms with Crippen molar-refractivity contribution in [2.24, 2.45) is 0 Å². The van der Waals surface area contributed by atoms with E-state index in [0.717, 1.165) is 11.3 Å². The molecule has 2 aromatic carbocycles. The number of carbonyl (C=O) groups excluding carboxylic acids is 1. The number of aromatic carboxylic acids is 1. The fraction of sp³-hybridized carbons (Fsp3) is 0.100. The Hall–Kier alpha value is -2.70. The zero-order chi connectivity index (χ0) is 19.4. The molecule has 0 aliphatic heterocycles. The molecule has 7 heteroatoms. The van der Waals surface area contributed by atoms with Crippen LogP contribution in [0, 0.1) is 0 Å². The molecule has 0 saturated heterocycles. The van der Waals surface area contributed by atoms with Crippen molar-refractivity contribution in [2.45, 2.75) is 12.6 Å². The third kappa shape index (κ3) is 4.53. The van der Waals surface area contributed by atoms with E-state index in [0.29, 0.717) is 21.7 Å². The van der Waals surface area contributed by atoms with Gasteiger partial charge in [-0.2, -0.15) is 0 Å². The average Bonchev–Trinajstić information content (AvgIpc) is 3.07. The number of carboxylic acid groups (broad SMARTS) is 1. The normalized spacial score (nSPS) is 11.8. The Morgan fingerprint density at radius 2 is 1.78 bits per heavy atom. The van der Waals surface area contributed by atoms with Crippen molar-refractivity contribution in [1.29, 1.82) is 0 Å². The summed E-state index contributed by atoms with van der Waals surface area (Å²) in [5.74, 6) is -2.07. The molecule has 0 saturated carbocycles. The number of nitrogens with one attached hydrogen (secondary N) is 1. The largest absolute Gasteiger partial charge is 0.478 e. The number of halogens is 2. The Morgan fingerprint density at radius 3 is 2.41 bits per heavy atom. The fourth-order valence-corrected chi connectivity index (χ4v) is 3.70. The van der Waals surface area contributed by atoms with Gasteiger partial charge in [0.05, 0.1) is 0 Å². The smallest absolute Gasteiger partial charge is 0.339 e. The molecular formula is C20H15ClFNO3S. The second-order valence-corrected chi connectivity index (χ2v) is 7.13. The molecule has 0 fully saturated rings. The van der Waals surface area contributed by atoms with Crippen LogP contribution in [-0.4, -0.2) is 23.2 Å². The standard InChI is InChI=1S/C20H15ClFNO3S/c21-14-8-6-13(7-9-14)15-11-27-19(17(15)20(25)26)23-18(24)16(22)10-12-4-2-1-3-5-12/h1-9,11,16H,10H2,(H,23,24)(H,25,26). The van der Waals surface area contributed by atoms with Crippen molar-refractivity contribution in [3.8, 4) is 11.1 Å². The van der Waals surface area contributed by atoms with Gasteiger partial charge in [0, 0.05) is 22.4 Å². The van der Waals surface area contributed by atoms with E-state index < -0.39 is 18.0 Å². The zero-order valence-corrected chi connectivity index (χ0v) is 15.6. The molecule has 1 atom stereocenters. The van der Waals surface area contributed by atoms with E-state index in [1.807, 2.05) is 0 Å². The van der Waals surface area contributed by atoms with E-state index in [4.69, 9.17) is 11.6 Å². The monoisotopic (exact) mass is 403 g/mol. The van der Waals surface area contributed by atoms with E-state index in [1.54, 1.807) is 60.0 Å². The summed E-state index contributed by atoms with van der Waals surface area (Å²) in [5, 5.41) is 14.2. The van der Waals surface area contributed by atoms with Gasteiger partial charge in [0.15, 0.2) is 6.17 Å². The predicted octanol–water partition coefficient (Wildman–Crippen LogP) is 5.29. The minimum Gasteiger partial charge on any atom is -0.478 e. The molecule has 1 amide bonds. The first kappa shape index (κ1) is 19.1. The summed E-state index contributed by atoms with van der Waals surface area (Å²) in [5.41, 5.74) is 1.71. The van der Waals surface area contributed by atoms with Crippen molar-refractivity contribution in [2.75, 3.05) is 5.32 Å². The van der Waals surface area contributed by atoms with Gasteiger partial charge in [0.25, 0.3) is 5.91 Å². The minimum atomic E-state index is -1.78. The third-order valence-corrected chi connectivity index (χ3v) is 5.09. The van der Waals surface area contributed by atoms with Crippen LogP contribution < -0.4 is 5.32 Å². The van der Waals surface area contributed by atoms with Crippen LogP contribution >= 0.6 is 22.9 Å². The van der Waals surface area contributed by atoms with Crippen LogP contribution in [0.3, 0.4) is 0 Å². The summed E-state index contributed by atoms with van der Waals surface area (Å²) in [6, 6.07) is 15.5. The molecule has 3 rings (SSSR count). The first-order valence-electron chi connectivity index (χ1n) is 8.05. The van der Waals surface area contributed by atoms with Crippen molar-refractivity contribution in [3.05, 3.63) is 76.1 Å². The SMILES string of the molecule is O=C(O)c1c(-c2ccc(Cl)cc2)csc1NC(=O)C(F)Cc1ccccc1. The number of hydrogen-bond donors (Lipinski definition) is 2. The Bertz CT molecular complexity index is 957. The van der Waals surface area contributed by atoms with Crippen LogP contribution in [0.5, 0.6) is 0 Å². The summed E-state index contributed by atoms with van der Waals surface area (Å²) in [4.78, 5) is 23.9. The highest BCUT2D eigenvalue weighted by atomic mass is 35.5. The molecule has 1 aromatic heterocycles. The van der Waals surface area contributed by atoms with E-state index in [-0.39, 0.29) is 17.0 Å². The highest BCUT2D eigenvalue weighted by Crippen LogP contribution is 2.36. The predicted molar refractivity (Wildman–Crippen MR) is 105 cm³/mol. The summed E-state index contributed by atoms with van der Waals surface area (Å²) in [7, 11) is 0. The second-order valence-electron chi connectivity index (χ2n) is 5.81. The van der Waals surface area contributed by atoms with Gasteiger partial charge in [0.2, 0.25) is 0 Å². The molecule has 3 aromatic rings. The number of amides is 1. The van der Waals surface area contributed by atoms with Crippen LogP contribution in [0.1, 0.15) is 15.9 Å². The van der Waals surface area contributed by atoms with E-state index in [9.17, 15) is 19.1 Å². The van der Waals surface area contributed by atoms with Crippen molar-refractivity contribution in [3.63, 3.8) is 0 Å². The number of carbonyl (C=O) groups is 2. The third-order valence-electron chi connectivity index (χ3n) is 3.94. The van der Waals surface area contributed by atoms with Gasteiger partial charge in [-0.25, -0.2) is 9.18 Å². The molecule has 138 valence electrons. The van der Waals surface area contributed by atoms with Crippen molar-refractivity contribution < 1.29 is 19.1 Å². The summed E-state index contributed by atoms with van der Waals surface area (Å²) < 4.78 is 14.3. The van der Waals surface area contributed by atoms with Crippen molar-refractivity contribution >= 4 is 39.8 Å². The highest BCUT2D eigenvalue weighted by Gasteiger charge is 2.24. The quantitative estimate of drug-likeness (QED) is 0.588. The molecule has 27 heavy (non-hydrogen) atoms. The maximum Gasteiger partial charge on any atom is 0.339 e. The molecule has 4 nitrogen and oxygen atoms in total. The molecular weight excluding hydrogens is 389 g/mol. The number of thiophene rings is 1. The Kier molecular flexibility index (Phi) is 5.88. The first-order chi connectivity index (χ1) is 13.0. The van der Waals surface area contributed by atoms with E-state index in [1.165, 1.54) is 0 Å². The Balaban J connectivity index is 1.81. The Morgan fingerprint density at radius 1 is 1.11 bits per heavy atom. The van der Waals surface area contributed by atoms with Gasteiger partial charge in [-0.1, -0.05) is 54.1 Å². The maximum absolute atomic E-state index is 14.3. The van der Waals surface area contributed by atoms with E-state index >= 15 is 0 Å². The van der Waals surface area contributed by atoms with Gasteiger partial charge in [-0.15, -0.1) is 11.3 Å². The van der Waals surface area contributed by atoms with E-state index in [2.05, 4.69) is 5.32 Å². The first-order valence-corrected chi connectivity index (χ1v) is 9.31. The molecule has 0 aliphatic rings. The molecule has 0 aliphatic carbocycles. The number of carboxylic acids is 1. The van der Waals surface area contributed by atoms with Crippen molar-refractivity contribution in [1.82, 2.24) is 0 Å². The molecule has 0 spiro atoms. The van der Waals surface area contributed by atoms with Crippen LogP contribution in [-0.2, 0) is 11.2 Å². The maximum atomic E-state index is 14.3. The number of benzene rings is 2. The molecule has 0 radical (unpaired) electrons. The topological polar surface area (TPSA) is 66.4 Å². The number of alkyl halides is 1. The highest BCUT2D eigenvalue weighted by molar-refractivity contribution is 7.15. The summed E-state index contributed by atoms with van der Waals surface area (Å²) in [6.45, 7) is 0. The zero-order valence-electron chi connectivity index (χ0n) is 14.0. The molecule has 1 unspecified atom stereocenters. The van der Waals surface area contributed by atoms with Gasteiger partial charge in [0.1, 0.15) is 10.6 Å². The van der Waals surface area contributed by atoms with Crippen LogP contribution in [0.4, 0.5) is 9.39 Å². The second kappa shape index (κ2) is 8.33. The molecule has 2 N–H and O–H groups in total. The Labute approximate surface area is 164 Å². The van der Waals surface area contributed by atoms with Crippen LogP contribution in [0.25, 0.3) is 11.1 Å². The summed E-state index contributed by atoms with van der Waals surface area (Å²) >= 11 is 6.91. The van der Waals surface area contributed by atoms with Gasteiger partial charge >= 0.3 is 5.97 Å².